The highest BCUT2D eigenvalue weighted by molar-refractivity contribution is 9.10. The second-order valence-corrected chi connectivity index (χ2v) is 5.17. The molecule has 0 aliphatic rings. The van der Waals surface area contributed by atoms with Crippen molar-refractivity contribution in [3.05, 3.63) is 28.7 Å². The number of rotatable bonds is 8. The largest absolute Gasteiger partial charge is 0.325 e. The molecule has 0 aromatic heterocycles. The summed E-state index contributed by atoms with van der Waals surface area (Å²) in [6, 6.07) is 7.56. The molecular weight excluding hydrogens is 306 g/mol. The number of amides is 1. The van der Waals surface area contributed by atoms with Crippen LogP contribution in [0.2, 0.25) is 0 Å². The predicted molar refractivity (Wildman–Crippen MR) is 83.4 cm³/mol. The van der Waals surface area contributed by atoms with Crippen LogP contribution in [0.1, 0.15) is 13.8 Å². The van der Waals surface area contributed by atoms with Crippen LogP contribution in [-0.4, -0.2) is 43.5 Å². The third-order valence-electron chi connectivity index (χ3n) is 2.91. The van der Waals surface area contributed by atoms with Crippen molar-refractivity contribution in [2.75, 3.05) is 38.0 Å². The molecule has 0 aliphatic carbocycles. The van der Waals surface area contributed by atoms with Crippen LogP contribution in [0.15, 0.2) is 28.7 Å². The quantitative estimate of drug-likeness (QED) is 0.720. The van der Waals surface area contributed by atoms with Gasteiger partial charge in [0.25, 0.3) is 0 Å². The summed E-state index contributed by atoms with van der Waals surface area (Å²) in [7, 11) is 0. The Morgan fingerprint density at radius 2 is 1.84 bits per heavy atom. The maximum absolute atomic E-state index is 11.7. The normalized spacial score (nSPS) is 10.7. The zero-order valence-corrected chi connectivity index (χ0v) is 13.2. The fourth-order valence-corrected chi connectivity index (χ4v) is 1.98. The maximum atomic E-state index is 11.7. The Bertz CT molecular complexity index is 377. The minimum absolute atomic E-state index is 0.0122. The fourth-order valence-electron chi connectivity index (χ4n) is 1.72. The second kappa shape index (κ2) is 9.07. The average Bonchev–Trinajstić information content (AvgIpc) is 2.42. The van der Waals surface area contributed by atoms with Crippen molar-refractivity contribution >= 4 is 27.5 Å². The molecule has 0 saturated carbocycles. The van der Waals surface area contributed by atoms with Crippen LogP contribution in [0.25, 0.3) is 0 Å². The lowest BCUT2D eigenvalue weighted by Crippen LogP contribution is -2.35. The SMILES string of the molecule is CCN(CC)CCNCC(=O)Nc1ccc(Br)cc1. The third kappa shape index (κ3) is 6.71. The van der Waals surface area contributed by atoms with Gasteiger partial charge in [0.2, 0.25) is 5.91 Å². The Balaban J connectivity index is 2.19. The molecule has 0 bridgehead atoms. The van der Waals surface area contributed by atoms with Gasteiger partial charge in [0, 0.05) is 23.2 Å². The number of nitrogens with one attached hydrogen (secondary N) is 2. The van der Waals surface area contributed by atoms with Gasteiger partial charge in [-0.25, -0.2) is 0 Å². The molecule has 1 rings (SSSR count). The van der Waals surface area contributed by atoms with Crippen molar-refractivity contribution in [3.8, 4) is 0 Å². The molecule has 106 valence electrons. The predicted octanol–water partition coefficient (Wildman–Crippen LogP) is 2.32. The van der Waals surface area contributed by atoms with E-state index in [9.17, 15) is 4.79 Å². The van der Waals surface area contributed by atoms with Gasteiger partial charge in [0.15, 0.2) is 0 Å². The average molecular weight is 328 g/mol. The number of benzene rings is 1. The number of likely N-dealkylation sites (N-methyl/N-ethyl adjacent to an activating group) is 1. The van der Waals surface area contributed by atoms with E-state index in [2.05, 4.69) is 45.3 Å². The fraction of sp³-hybridized carbons (Fsp3) is 0.500. The molecule has 0 atom stereocenters. The van der Waals surface area contributed by atoms with Gasteiger partial charge in [0.05, 0.1) is 6.54 Å². The van der Waals surface area contributed by atoms with Gasteiger partial charge in [-0.15, -0.1) is 0 Å². The summed E-state index contributed by atoms with van der Waals surface area (Å²) in [4.78, 5) is 14.0. The molecule has 0 radical (unpaired) electrons. The molecule has 1 aromatic carbocycles. The molecule has 2 N–H and O–H groups in total. The highest BCUT2D eigenvalue weighted by Crippen LogP contribution is 2.13. The lowest BCUT2D eigenvalue weighted by Gasteiger charge is -2.17. The van der Waals surface area contributed by atoms with Gasteiger partial charge < -0.3 is 15.5 Å². The van der Waals surface area contributed by atoms with Crippen molar-refractivity contribution in [2.45, 2.75) is 13.8 Å². The summed E-state index contributed by atoms with van der Waals surface area (Å²) >= 11 is 3.36. The first-order chi connectivity index (χ1) is 9.15. The van der Waals surface area contributed by atoms with Crippen LogP contribution in [0, 0.1) is 0 Å². The molecule has 19 heavy (non-hydrogen) atoms. The summed E-state index contributed by atoms with van der Waals surface area (Å²) in [5.41, 5.74) is 0.818. The summed E-state index contributed by atoms with van der Waals surface area (Å²) in [5, 5.41) is 6.00. The molecule has 0 saturated heterocycles. The van der Waals surface area contributed by atoms with Gasteiger partial charge in [-0.2, -0.15) is 0 Å². The molecule has 1 aromatic rings. The summed E-state index contributed by atoms with van der Waals surface area (Å²) in [5.74, 6) is -0.0122. The topological polar surface area (TPSA) is 44.4 Å². The first kappa shape index (κ1) is 16.1. The molecule has 5 heteroatoms. The van der Waals surface area contributed by atoms with Crippen LogP contribution >= 0.6 is 15.9 Å². The molecule has 4 nitrogen and oxygen atoms in total. The van der Waals surface area contributed by atoms with Gasteiger partial charge >= 0.3 is 0 Å². The van der Waals surface area contributed by atoms with Gasteiger partial charge in [-0.05, 0) is 37.4 Å². The standard InChI is InChI=1S/C14H22BrN3O/c1-3-18(4-2)10-9-16-11-14(19)17-13-7-5-12(15)6-8-13/h5-8,16H,3-4,9-11H2,1-2H3,(H,17,19). The highest BCUT2D eigenvalue weighted by Gasteiger charge is 2.02. The molecule has 0 spiro atoms. The summed E-state index contributed by atoms with van der Waals surface area (Å²) in [6.45, 7) is 8.52. The van der Waals surface area contributed by atoms with Crippen LogP contribution in [-0.2, 0) is 4.79 Å². The second-order valence-electron chi connectivity index (χ2n) is 4.26. The number of hydrogen-bond donors (Lipinski definition) is 2. The first-order valence-electron chi connectivity index (χ1n) is 6.64. The zero-order chi connectivity index (χ0) is 14.1. The minimum Gasteiger partial charge on any atom is -0.325 e. The molecule has 0 heterocycles. The monoisotopic (exact) mass is 327 g/mol. The van der Waals surface area contributed by atoms with Crippen LogP contribution in [0.4, 0.5) is 5.69 Å². The van der Waals surface area contributed by atoms with Gasteiger partial charge in [-0.3, -0.25) is 4.79 Å². The van der Waals surface area contributed by atoms with Crippen LogP contribution in [0.5, 0.6) is 0 Å². The Kier molecular flexibility index (Phi) is 7.70. The first-order valence-corrected chi connectivity index (χ1v) is 7.43. The Labute approximate surface area is 123 Å². The van der Waals surface area contributed by atoms with E-state index in [0.29, 0.717) is 6.54 Å². The molecule has 0 aliphatic heterocycles. The lowest BCUT2D eigenvalue weighted by atomic mass is 10.3. The Morgan fingerprint density at radius 3 is 2.42 bits per heavy atom. The van der Waals surface area contributed by atoms with Gasteiger partial charge in [-0.1, -0.05) is 29.8 Å². The Hall–Kier alpha value is -0.910. The van der Waals surface area contributed by atoms with E-state index in [0.717, 1.165) is 36.3 Å². The molecule has 0 fully saturated rings. The van der Waals surface area contributed by atoms with E-state index in [1.54, 1.807) is 0 Å². The van der Waals surface area contributed by atoms with Crippen molar-refractivity contribution in [1.29, 1.82) is 0 Å². The van der Waals surface area contributed by atoms with Gasteiger partial charge in [0.1, 0.15) is 0 Å². The van der Waals surface area contributed by atoms with Crippen molar-refractivity contribution < 1.29 is 4.79 Å². The zero-order valence-electron chi connectivity index (χ0n) is 11.6. The van der Waals surface area contributed by atoms with Crippen LogP contribution in [0.3, 0.4) is 0 Å². The Morgan fingerprint density at radius 1 is 1.21 bits per heavy atom. The number of nitrogens with zero attached hydrogens (tertiary/aromatic N) is 1. The van der Waals surface area contributed by atoms with E-state index >= 15 is 0 Å². The summed E-state index contributed by atoms with van der Waals surface area (Å²) in [6.07, 6.45) is 0. The summed E-state index contributed by atoms with van der Waals surface area (Å²) < 4.78 is 1.00. The number of halogens is 1. The minimum atomic E-state index is -0.0122. The van der Waals surface area contributed by atoms with Crippen molar-refractivity contribution in [1.82, 2.24) is 10.2 Å². The number of carbonyl (C=O) groups excluding carboxylic acids is 1. The van der Waals surface area contributed by atoms with E-state index in [1.165, 1.54) is 0 Å². The third-order valence-corrected chi connectivity index (χ3v) is 3.44. The van der Waals surface area contributed by atoms with E-state index < -0.39 is 0 Å². The van der Waals surface area contributed by atoms with E-state index in [-0.39, 0.29) is 5.91 Å². The molecular formula is C14H22BrN3O. The smallest absolute Gasteiger partial charge is 0.238 e. The van der Waals surface area contributed by atoms with E-state index in [4.69, 9.17) is 0 Å². The van der Waals surface area contributed by atoms with Crippen LogP contribution < -0.4 is 10.6 Å². The lowest BCUT2D eigenvalue weighted by molar-refractivity contribution is -0.115. The van der Waals surface area contributed by atoms with Crippen molar-refractivity contribution in [3.63, 3.8) is 0 Å². The highest BCUT2D eigenvalue weighted by atomic mass is 79.9. The maximum Gasteiger partial charge on any atom is 0.238 e. The molecule has 0 unspecified atom stereocenters. The van der Waals surface area contributed by atoms with Crippen molar-refractivity contribution in [2.24, 2.45) is 0 Å². The number of carbonyl (C=O) groups is 1. The number of hydrogen-bond acceptors (Lipinski definition) is 3. The molecule has 1 amide bonds. The van der Waals surface area contributed by atoms with E-state index in [1.807, 2.05) is 24.3 Å². The number of anilines is 1.